The second kappa shape index (κ2) is 13.2. The monoisotopic (exact) mass is 327 g/mol. The molecule has 138 valence electrons. The summed E-state index contributed by atoms with van der Waals surface area (Å²) in [6.07, 6.45) is 17.5. The van der Waals surface area contributed by atoms with Gasteiger partial charge in [0.25, 0.3) is 0 Å². The molecule has 0 aromatic rings. The van der Waals surface area contributed by atoms with E-state index in [-0.39, 0.29) is 18.2 Å². The van der Waals surface area contributed by atoms with Gasteiger partial charge in [-0.3, -0.25) is 0 Å². The number of hydrogen-bond acceptors (Lipinski definition) is 3. The molecule has 3 nitrogen and oxygen atoms in total. The van der Waals surface area contributed by atoms with E-state index in [0.717, 1.165) is 19.3 Å². The fraction of sp³-hybridized carbons (Fsp3) is 1.00. The van der Waals surface area contributed by atoms with Gasteiger partial charge in [0.05, 0.1) is 12.2 Å². The van der Waals surface area contributed by atoms with E-state index in [1.54, 1.807) is 0 Å². The van der Waals surface area contributed by atoms with E-state index >= 15 is 0 Å². The molecule has 0 aromatic heterocycles. The summed E-state index contributed by atoms with van der Waals surface area (Å²) in [4.78, 5) is 0. The molecular formula is C20H41NO2. The zero-order valence-electron chi connectivity index (χ0n) is 15.6. The van der Waals surface area contributed by atoms with Crippen molar-refractivity contribution in [2.45, 2.75) is 128 Å². The molecule has 1 heterocycles. The Balaban J connectivity index is 1.78. The summed E-state index contributed by atoms with van der Waals surface area (Å²) in [5.74, 6) is 0. The minimum absolute atomic E-state index is 0.118. The molecule has 3 N–H and O–H groups in total. The van der Waals surface area contributed by atoms with E-state index in [1.165, 1.54) is 70.6 Å². The van der Waals surface area contributed by atoms with Gasteiger partial charge in [-0.05, 0) is 39.5 Å². The van der Waals surface area contributed by atoms with Crippen molar-refractivity contribution in [3.63, 3.8) is 0 Å². The fourth-order valence-electron chi connectivity index (χ4n) is 3.66. The maximum Gasteiger partial charge on any atom is 0.0691 e. The van der Waals surface area contributed by atoms with Crippen LogP contribution in [0.15, 0.2) is 0 Å². The van der Waals surface area contributed by atoms with Crippen molar-refractivity contribution < 1.29 is 10.2 Å². The lowest BCUT2D eigenvalue weighted by Crippen LogP contribution is -2.48. The Kier molecular flexibility index (Phi) is 12.0. The Bertz CT molecular complexity index is 270. The van der Waals surface area contributed by atoms with Gasteiger partial charge in [-0.25, -0.2) is 0 Å². The molecule has 4 atom stereocenters. The summed E-state index contributed by atoms with van der Waals surface area (Å²) in [6.45, 7) is 3.98. The summed E-state index contributed by atoms with van der Waals surface area (Å²) in [6, 6.07) is 0.907. The van der Waals surface area contributed by atoms with Gasteiger partial charge in [0.1, 0.15) is 0 Å². The molecule has 0 amide bonds. The second-order valence-corrected chi connectivity index (χ2v) is 7.76. The van der Waals surface area contributed by atoms with Crippen LogP contribution in [0.5, 0.6) is 0 Å². The molecular weight excluding hydrogens is 286 g/mol. The van der Waals surface area contributed by atoms with E-state index < -0.39 is 0 Å². The fourth-order valence-corrected chi connectivity index (χ4v) is 3.66. The van der Waals surface area contributed by atoms with Crippen LogP contribution in [0.2, 0.25) is 0 Å². The number of unbranched alkanes of at least 4 members (excludes halogenated alkanes) is 9. The third-order valence-electron chi connectivity index (χ3n) is 5.31. The lowest BCUT2D eigenvalue weighted by Gasteiger charge is -2.32. The van der Waals surface area contributed by atoms with Gasteiger partial charge in [0.15, 0.2) is 0 Å². The first-order valence-electron chi connectivity index (χ1n) is 10.2. The summed E-state index contributed by atoms with van der Waals surface area (Å²) in [5, 5.41) is 22.4. The van der Waals surface area contributed by atoms with Crippen molar-refractivity contribution in [1.82, 2.24) is 5.32 Å². The van der Waals surface area contributed by atoms with Crippen molar-refractivity contribution in [2.75, 3.05) is 0 Å². The Morgan fingerprint density at radius 3 is 1.91 bits per heavy atom. The largest absolute Gasteiger partial charge is 0.393 e. The Hall–Kier alpha value is -0.120. The summed E-state index contributed by atoms with van der Waals surface area (Å²) >= 11 is 0. The minimum atomic E-state index is -0.140. The molecule has 0 aromatic carbocycles. The molecule has 1 aliphatic rings. The topological polar surface area (TPSA) is 52.5 Å². The van der Waals surface area contributed by atoms with Crippen LogP contribution in [-0.2, 0) is 0 Å². The average molecular weight is 328 g/mol. The van der Waals surface area contributed by atoms with Crippen LogP contribution in [-0.4, -0.2) is 34.5 Å². The van der Waals surface area contributed by atoms with Crippen molar-refractivity contribution in [3.05, 3.63) is 0 Å². The van der Waals surface area contributed by atoms with E-state index in [1.807, 2.05) is 6.92 Å². The first kappa shape index (κ1) is 20.9. The van der Waals surface area contributed by atoms with Gasteiger partial charge in [-0.2, -0.15) is 0 Å². The molecule has 3 heteroatoms. The predicted molar refractivity (Wildman–Crippen MR) is 98.7 cm³/mol. The molecule has 1 rings (SSSR count). The highest BCUT2D eigenvalue weighted by atomic mass is 16.3. The third-order valence-corrected chi connectivity index (χ3v) is 5.31. The van der Waals surface area contributed by atoms with Gasteiger partial charge >= 0.3 is 0 Å². The van der Waals surface area contributed by atoms with Crippen LogP contribution in [0.25, 0.3) is 0 Å². The summed E-state index contributed by atoms with van der Waals surface area (Å²) in [7, 11) is 0. The lowest BCUT2D eigenvalue weighted by atomic mass is 9.93. The smallest absolute Gasteiger partial charge is 0.0691 e. The van der Waals surface area contributed by atoms with E-state index in [2.05, 4.69) is 12.2 Å². The highest BCUT2D eigenvalue weighted by molar-refractivity contribution is 4.83. The summed E-state index contributed by atoms with van der Waals surface area (Å²) < 4.78 is 0. The van der Waals surface area contributed by atoms with E-state index in [9.17, 15) is 10.2 Å². The average Bonchev–Trinajstić information content (AvgIpc) is 2.51. The van der Waals surface area contributed by atoms with Crippen LogP contribution < -0.4 is 5.32 Å². The molecule has 0 aliphatic carbocycles. The molecule has 0 saturated carbocycles. The SMILES string of the molecule is CC(O)CCCCCCCCCCCC[C@H]1CC[C@H](O)[C@@H](C)N1. The molecule has 1 saturated heterocycles. The highest BCUT2D eigenvalue weighted by Gasteiger charge is 2.24. The van der Waals surface area contributed by atoms with Crippen LogP contribution in [0.4, 0.5) is 0 Å². The number of rotatable bonds is 13. The zero-order valence-corrected chi connectivity index (χ0v) is 15.6. The van der Waals surface area contributed by atoms with Gasteiger partial charge in [-0.15, -0.1) is 0 Å². The van der Waals surface area contributed by atoms with Crippen molar-refractivity contribution in [3.8, 4) is 0 Å². The molecule has 1 unspecified atom stereocenters. The normalized spacial score (nSPS) is 26.3. The number of piperidine rings is 1. The Morgan fingerprint density at radius 1 is 0.870 bits per heavy atom. The quantitative estimate of drug-likeness (QED) is 0.435. The molecule has 1 fully saturated rings. The second-order valence-electron chi connectivity index (χ2n) is 7.76. The lowest BCUT2D eigenvalue weighted by molar-refractivity contribution is 0.0849. The predicted octanol–water partition coefficient (Wildman–Crippen LogP) is 4.55. The molecule has 23 heavy (non-hydrogen) atoms. The van der Waals surface area contributed by atoms with E-state index in [0.29, 0.717) is 6.04 Å². The Labute approximate surface area is 144 Å². The van der Waals surface area contributed by atoms with Gasteiger partial charge in [0, 0.05) is 12.1 Å². The Morgan fingerprint density at radius 2 is 1.39 bits per heavy atom. The van der Waals surface area contributed by atoms with Gasteiger partial charge < -0.3 is 15.5 Å². The number of hydrogen-bond donors (Lipinski definition) is 3. The molecule has 1 aliphatic heterocycles. The van der Waals surface area contributed by atoms with Crippen molar-refractivity contribution >= 4 is 0 Å². The molecule has 0 spiro atoms. The first-order valence-corrected chi connectivity index (χ1v) is 10.2. The van der Waals surface area contributed by atoms with Crippen LogP contribution in [0.3, 0.4) is 0 Å². The van der Waals surface area contributed by atoms with Gasteiger partial charge in [0.2, 0.25) is 0 Å². The van der Waals surface area contributed by atoms with Crippen molar-refractivity contribution in [2.24, 2.45) is 0 Å². The number of aliphatic hydroxyl groups is 2. The summed E-state index contributed by atoms with van der Waals surface area (Å²) in [5.41, 5.74) is 0. The highest BCUT2D eigenvalue weighted by Crippen LogP contribution is 2.18. The van der Waals surface area contributed by atoms with Crippen LogP contribution in [0, 0.1) is 0 Å². The minimum Gasteiger partial charge on any atom is -0.393 e. The van der Waals surface area contributed by atoms with Crippen LogP contribution in [0.1, 0.15) is 104 Å². The zero-order chi connectivity index (χ0) is 16.9. The standard InChI is InChI=1S/C20H41NO2/c1-17(22)13-11-9-7-5-3-4-6-8-10-12-14-19-15-16-20(23)18(2)21-19/h17-23H,3-16H2,1-2H3/t17?,18-,19+,20+/m1/s1. The van der Waals surface area contributed by atoms with Gasteiger partial charge in [-0.1, -0.05) is 64.2 Å². The van der Waals surface area contributed by atoms with Crippen LogP contribution >= 0.6 is 0 Å². The number of nitrogens with one attached hydrogen (secondary N) is 1. The first-order chi connectivity index (χ1) is 11.1. The maximum absolute atomic E-state index is 9.71. The number of aliphatic hydroxyl groups excluding tert-OH is 2. The van der Waals surface area contributed by atoms with Crippen molar-refractivity contribution in [1.29, 1.82) is 0 Å². The molecule has 0 bridgehead atoms. The third kappa shape index (κ3) is 11.1. The molecule has 0 radical (unpaired) electrons. The van der Waals surface area contributed by atoms with E-state index in [4.69, 9.17) is 0 Å². The maximum atomic E-state index is 9.71.